The van der Waals surface area contributed by atoms with Crippen molar-refractivity contribution in [2.75, 3.05) is 5.32 Å². The molecule has 0 aliphatic rings. The van der Waals surface area contributed by atoms with E-state index in [9.17, 15) is 14.9 Å². The molecule has 3 rings (SSSR count). The van der Waals surface area contributed by atoms with Crippen molar-refractivity contribution in [1.82, 2.24) is 4.98 Å². The molecular weight excluding hydrogens is 310 g/mol. The number of anilines is 1. The van der Waals surface area contributed by atoms with Gasteiger partial charge < -0.3 is 9.73 Å². The van der Waals surface area contributed by atoms with Crippen LogP contribution in [0.2, 0.25) is 0 Å². The van der Waals surface area contributed by atoms with E-state index in [1.807, 2.05) is 13.0 Å². The van der Waals surface area contributed by atoms with Crippen molar-refractivity contribution < 1.29 is 14.1 Å². The summed E-state index contributed by atoms with van der Waals surface area (Å²) in [4.78, 5) is 26.6. The fourth-order valence-corrected chi connectivity index (χ4v) is 2.17. The summed E-state index contributed by atoms with van der Waals surface area (Å²) >= 11 is 0. The summed E-state index contributed by atoms with van der Waals surface area (Å²) in [5, 5.41) is 13.5. The second-order valence-electron chi connectivity index (χ2n) is 5.14. The average molecular weight is 323 g/mol. The van der Waals surface area contributed by atoms with Crippen molar-refractivity contribution in [2.24, 2.45) is 0 Å². The predicted molar refractivity (Wildman–Crippen MR) is 87.7 cm³/mol. The van der Waals surface area contributed by atoms with Gasteiger partial charge in [-0.25, -0.2) is 4.98 Å². The second kappa shape index (κ2) is 6.33. The first-order valence-corrected chi connectivity index (χ1v) is 7.11. The van der Waals surface area contributed by atoms with E-state index < -0.39 is 10.8 Å². The van der Waals surface area contributed by atoms with Crippen LogP contribution in [0.4, 0.5) is 11.5 Å². The van der Waals surface area contributed by atoms with Crippen molar-refractivity contribution in [1.29, 1.82) is 0 Å². The molecule has 24 heavy (non-hydrogen) atoms. The number of rotatable bonds is 4. The molecule has 0 radical (unpaired) electrons. The predicted octanol–water partition coefficient (Wildman–Crippen LogP) is 3.81. The van der Waals surface area contributed by atoms with Crippen molar-refractivity contribution in [3.05, 3.63) is 76.2 Å². The van der Waals surface area contributed by atoms with Gasteiger partial charge in [-0.15, -0.1) is 0 Å². The monoisotopic (exact) mass is 323 g/mol. The molecule has 0 fully saturated rings. The number of amides is 1. The standard InChI is InChI=1S/C17H13N3O4/c1-11-7-8-18-16(9-11)19-17(21)15-6-5-14(24-15)12-3-2-4-13(10-12)20(22)23/h2-10H,1H3,(H,18,19,21). The van der Waals surface area contributed by atoms with E-state index in [1.54, 1.807) is 30.5 Å². The number of carbonyl (C=O) groups is 1. The van der Waals surface area contributed by atoms with Gasteiger partial charge in [0.1, 0.15) is 11.6 Å². The molecule has 2 aromatic heterocycles. The largest absolute Gasteiger partial charge is 0.451 e. The van der Waals surface area contributed by atoms with Gasteiger partial charge in [0.2, 0.25) is 0 Å². The summed E-state index contributed by atoms with van der Waals surface area (Å²) in [6, 6.07) is 12.7. The van der Waals surface area contributed by atoms with Crippen LogP contribution in [0.3, 0.4) is 0 Å². The minimum atomic E-state index is -0.483. The molecule has 7 nitrogen and oxygen atoms in total. The molecule has 1 aromatic carbocycles. The van der Waals surface area contributed by atoms with Gasteiger partial charge in [0.15, 0.2) is 5.76 Å². The van der Waals surface area contributed by atoms with Crippen LogP contribution in [0.1, 0.15) is 16.1 Å². The lowest BCUT2D eigenvalue weighted by Gasteiger charge is -2.03. The number of hydrogen-bond acceptors (Lipinski definition) is 5. The number of benzene rings is 1. The Hall–Kier alpha value is -3.48. The van der Waals surface area contributed by atoms with Gasteiger partial charge in [-0.2, -0.15) is 0 Å². The molecule has 0 aliphatic carbocycles. The molecule has 3 aromatic rings. The maximum Gasteiger partial charge on any atom is 0.292 e. The number of nitrogens with zero attached hydrogens (tertiary/aromatic N) is 2. The Morgan fingerprint density at radius 1 is 1.21 bits per heavy atom. The molecule has 0 saturated carbocycles. The van der Waals surface area contributed by atoms with Gasteiger partial charge in [0.05, 0.1) is 4.92 Å². The van der Waals surface area contributed by atoms with E-state index in [4.69, 9.17) is 4.42 Å². The maximum absolute atomic E-state index is 12.2. The summed E-state index contributed by atoms with van der Waals surface area (Å²) in [7, 11) is 0. The van der Waals surface area contributed by atoms with Gasteiger partial charge in [0.25, 0.3) is 11.6 Å². The fourth-order valence-electron chi connectivity index (χ4n) is 2.17. The number of nitro groups is 1. The molecule has 120 valence electrons. The lowest BCUT2D eigenvalue weighted by molar-refractivity contribution is -0.384. The van der Waals surface area contributed by atoms with E-state index >= 15 is 0 Å². The van der Waals surface area contributed by atoms with Crippen LogP contribution in [-0.4, -0.2) is 15.8 Å². The van der Waals surface area contributed by atoms with Crippen LogP contribution in [0.5, 0.6) is 0 Å². The van der Waals surface area contributed by atoms with Gasteiger partial charge in [0, 0.05) is 23.9 Å². The molecular formula is C17H13N3O4. The fraction of sp³-hybridized carbons (Fsp3) is 0.0588. The van der Waals surface area contributed by atoms with E-state index in [-0.39, 0.29) is 11.4 Å². The van der Waals surface area contributed by atoms with E-state index in [0.29, 0.717) is 17.1 Å². The molecule has 0 atom stereocenters. The number of aromatic nitrogens is 1. The van der Waals surface area contributed by atoms with Gasteiger partial charge in [-0.05, 0) is 36.8 Å². The quantitative estimate of drug-likeness (QED) is 0.581. The molecule has 0 unspecified atom stereocenters. The van der Waals surface area contributed by atoms with Crippen LogP contribution in [0.15, 0.2) is 59.1 Å². The first-order chi connectivity index (χ1) is 11.5. The van der Waals surface area contributed by atoms with Gasteiger partial charge in [-0.1, -0.05) is 12.1 Å². The molecule has 7 heteroatoms. The highest BCUT2D eigenvalue weighted by molar-refractivity contribution is 6.02. The summed E-state index contributed by atoms with van der Waals surface area (Å²) < 4.78 is 5.51. The third-order valence-electron chi connectivity index (χ3n) is 3.33. The van der Waals surface area contributed by atoms with Crippen LogP contribution in [0, 0.1) is 17.0 Å². The second-order valence-corrected chi connectivity index (χ2v) is 5.14. The first-order valence-electron chi connectivity index (χ1n) is 7.11. The maximum atomic E-state index is 12.2. The highest BCUT2D eigenvalue weighted by Crippen LogP contribution is 2.26. The highest BCUT2D eigenvalue weighted by atomic mass is 16.6. The summed E-state index contributed by atoms with van der Waals surface area (Å²) in [5.41, 5.74) is 1.45. The third-order valence-corrected chi connectivity index (χ3v) is 3.33. The van der Waals surface area contributed by atoms with Crippen molar-refractivity contribution in [2.45, 2.75) is 6.92 Å². The van der Waals surface area contributed by atoms with Crippen LogP contribution < -0.4 is 5.32 Å². The zero-order valence-electron chi connectivity index (χ0n) is 12.7. The Morgan fingerprint density at radius 3 is 2.79 bits per heavy atom. The topological polar surface area (TPSA) is 98.3 Å². The van der Waals surface area contributed by atoms with E-state index in [2.05, 4.69) is 10.3 Å². The molecule has 1 amide bonds. The lowest BCUT2D eigenvalue weighted by Crippen LogP contribution is -2.11. The number of furan rings is 1. The molecule has 0 aliphatic heterocycles. The van der Waals surface area contributed by atoms with Crippen molar-refractivity contribution in [3.63, 3.8) is 0 Å². The molecule has 0 spiro atoms. The minimum absolute atomic E-state index is 0.0427. The van der Waals surface area contributed by atoms with Gasteiger partial charge in [-0.3, -0.25) is 14.9 Å². The van der Waals surface area contributed by atoms with Crippen LogP contribution in [0.25, 0.3) is 11.3 Å². The van der Waals surface area contributed by atoms with Crippen LogP contribution in [-0.2, 0) is 0 Å². The zero-order chi connectivity index (χ0) is 17.1. The Kier molecular flexibility index (Phi) is 4.07. The molecule has 2 heterocycles. The van der Waals surface area contributed by atoms with E-state index in [0.717, 1.165) is 5.56 Å². The number of nitro benzene ring substituents is 1. The zero-order valence-corrected chi connectivity index (χ0v) is 12.7. The summed E-state index contributed by atoms with van der Waals surface area (Å²) in [6.45, 7) is 1.89. The first kappa shape index (κ1) is 15.4. The number of carbonyl (C=O) groups excluding carboxylic acids is 1. The summed E-state index contributed by atoms with van der Waals surface area (Å²) in [5.74, 6) is 0.457. The Labute approximate surface area is 137 Å². The average Bonchev–Trinajstić information content (AvgIpc) is 3.05. The highest BCUT2D eigenvalue weighted by Gasteiger charge is 2.14. The van der Waals surface area contributed by atoms with Crippen molar-refractivity contribution >= 4 is 17.4 Å². The number of nitrogens with one attached hydrogen (secondary N) is 1. The van der Waals surface area contributed by atoms with Gasteiger partial charge >= 0.3 is 0 Å². The third kappa shape index (κ3) is 3.30. The Balaban J connectivity index is 1.81. The Bertz CT molecular complexity index is 917. The summed E-state index contributed by atoms with van der Waals surface area (Å²) in [6.07, 6.45) is 1.60. The molecule has 1 N–H and O–H groups in total. The van der Waals surface area contributed by atoms with Crippen LogP contribution >= 0.6 is 0 Å². The number of aryl methyl sites for hydroxylation is 1. The Morgan fingerprint density at radius 2 is 2.04 bits per heavy atom. The smallest absolute Gasteiger partial charge is 0.292 e. The minimum Gasteiger partial charge on any atom is -0.451 e. The lowest BCUT2D eigenvalue weighted by atomic mass is 10.1. The van der Waals surface area contributed by atoms with E-state index in [1.165, 1.54) is 18.2 Å². The normalized spacial score (nSPS) is 10.4. The SMILES string of the molecule is Cc1ccnc(NC(=O)c2ccc(-c3cccc([N+](=O)[O-])c3)o2)c1. The number of pyridine rings is 1. The number of hydrogen-bond donors (Lipinski definition) is 1. The molecule has 0 bridgehead atoms. The number of non-ortho nitro benzene ring substituents is 1. The van der Waals surface area contributed by atoms with Crippen molar-refractivity contribution in [3.8, 4) is 11.3 Å². The molecule has 0 saturated heterocycles.